The Labute approximate surface area is 108 Å². The number of hydrogen-bond acceptors (Lipinski definition) is 3. The van der Waals surface area contributed by atoms with Crippen molar-refractivity contribution in [3.8, 4) is 0 Å². The Bertz CT molecular complexity index is 493. The predicted molar refractivity (Wildman–Crippen MR) is 68.8 cm³/mol. The highest BCUT2D eigenvalue weighted by Crippen LogP contribution is 2.18. The second-order valence-electron chi connectivity index (χ2n) is 3.66. The van der Waals surface area contributed by atoms with Crippen molar-refractivity contribution in [2.45, 2.75) is 20.0 Å². The van der Waals surface area contributed by atoms with E-state index in [2.05, 4.69) is 10.3 Å². The van der Waals surface area contributed by atoms with E-state index in [0.29, 0.717) is 23.7 Å². The fourth-order valence-corrected chi connectivity index (χ4v) is 2.35. The Balaban J connectivity index is 1.94. The Morgan fingerprint density at radius 2 is 2.24 bits per heavy atom. The molecule has 0 amide bonds. The van der Waals surface area contributed by atoms with Gasteiger partial charge >= 0.3 is 0 Å². The first-order valence-corrected chi connectivity index (χ1v) is 6.47. The number of aryl methyl sites for hydroxylation is 1. The molecule has 1 aromatic carbocycles. The van der Waals surface area contributed by atoms with Gasteiger partial charge in [-0.2, -0.15) is 0 Å². The highest BCUT2D eigenvalue weighted by Gasteiger charge is 2.06. The predicted octanol–water partition coefficient (Wildman–Crippen LogP) is 3.53. The summed E-state index contributed by atoms with van der Waals surface area (Å²) in [6.07, 6.45) is 0. The number of thiazole rings is 1. The molecule has 0 fully saturated rings. The summed E-state index contributed by atoms with van der Waals surface area (Å²) in [6, 6.07) is 4.70. The summed E-state index contributed by atoms with van der Waals surface area (Å²) >= 11 is 7.53. The van der Waals surface area contributed by atoms with Gasteiger partial charge in [-0.3, -0.25) is 0 Å². The topological polar surface area (TPSA) is 24.9 Å². The molecule has 0 spiro atoms. The third-order valence-electron chi connectivity index (χ3n) is 2.34. The van der Waals surface area contributed by atoms with Crippen molar-refractivity contribution in [3.05, 3.63) is 50.7 Å². The van der Waals surface area contributed by atoms with Gasteiger partial charge in [-0.1, -0.05) is 17.7 Å². The maximum Gasteiger partial charge on any atom is 0.129 e. The monoisotopic (exact) mass is 270 g/mol. The van der Waals surface area contributed by atoms with Gasteiger partial charge in [-0.15, -0.1) is 11.3 Å². The molecule has 2 rings (SSSR count). The van der Waals surface area contributed by atoms with Gasteiger partial charge in [0.05, 0.1) is 10.7 Å². The molecule has 1 heterocycles. The van der Waals surface area contributed by atoms with Crippen LogP contribution in [0.15, 0.2) is 23.6 Å². The molecule has 0 aliphatic rings. The molecule has 2 aromatic rings. The molecule has 0 saturated heterocycles. The zero-order valence-electron chi connectivity index (χ0n) is 9.34. The standard InChI is InChI=1S/C12H12ClFN2S/c1-8-16-9(7-17-8)5-15-6-10-11(13)3-2-4-12(10)14/h2-4,7,15H,5-6H2,1H3. The van der Waals surface area contributed by atoms with E-state index in [1.165, 1.54) is 6.07 Å². The van der Waals surface area contributed by atoms with E-state index in [-0.39, 0.29) is 5.82 Å². The lowest BCUT2D eigenvalue weighted by Gasteiger charge is -2.06. The Kier molecular flexibility index (Phi) is 4.10. The van der Waals surface area contributed by atoms with Crippen molar-refractivity contribution in [2.75, 3.05) is 0 Å². The van der Waals surface area contributed by atoms with Gasteiger partial charge in [0, 0.05) is 29.1 Å². The summed E-state index contributed by atoms with van der Waals surface area (Å²) in [5, 5.41) is 6.61. The van der Waals surface area contributed by atoms with Crippen LogP contribution in [0.3, 0.4) is 0 Å². The van der Waals surface area contributed by atoms with E-state index in [1.54, 1.807) is 23.5 Å². The van der Waals surface area contributed by atoms with E-state index in [0.717, 1.165) is 10.7 Å². The molecular weight excluding hydrogens is 259 g/mol. The van der Waals surface area contributed by atoms with Gasteiger partial charge in [0.2, 0.25) is 0 Å². The first-order valence-electron chi connectivity index (χ1n) is 5.21. The fraction of sp³-hybridized carbons (Fsp3) is 0.250. The van der Waals surface area contributed by atoms with Crippen LogP contribution in [0, 0.1) is 12.7 Å². The molecule has 2 nitrogen and oxygen atoms in total. The summed E-state index contributed by atoms with van der Waals surface area (Å²) in [6.45, 7) is 2.99. The smallest absolute Gasteiger partial charge is 0.129 e. The van der Waals surface area contributed by atoms with E-state index in [9.17, 15) is 4.39 Å². The lowest BCUT2D eigenvalue weighted by Crippen LogP contribution is -2.14. The molecule has 0 saturated carbocycles. The maximum absolute atomic E-state index is 13.4. The van der Waals surface area contributed by atoms with Crippen LogP contribution in [-0.4, -0.2) is 4.98 Å². The maximum atomic E-state index is 13.4. The molecule has 0 aliphatic carbocycles. The molecule has 1 aromatic heterocycles. The Morgan fingerprint density at radius 3 is 2.88 bits per heavy atom. The molecule has 17 heavy (non-hydrogen) atoms. The van der Waals surface area contributed by atoms with Gasteiger partial charge in [0.25, 0.3) is 0 Å². The molecule has 0 unspecified atom stereocenters. The quantitative estimate of drug-likeness (QED) is 0.919. The number of aromatic nitrogens is 1. The normalized spacial score (nSPS) is 10.8. The molecule has 5 heteroatoms. The SMILES string of the molecule is Cc1nc(CNCc2c(F)cccc2Cl)cs1. The minimum Gasteiger partial charge on any atom is -0.307 e. The first-order chi connectivity index (χ1) is 8.16. The zero-order chi connectivity index (χ0) is 12.3. The number of hydrogen-bond donors (Lipinski definition) is 1. The average molecular weight is 271 g/mol. The molecule has 0 bridgehead atoms. The molecule has 0 aliphatic heterocycles. The van der Waals surface area contributed by atoms with Crippen LogP contribution in [-0.2, 0) is 13.1 Å². The first kappa shape index (κ1) is 12.5. The van der Waals surface area contributed by atoms with Crippen LogP contribution < -0.4 is 5.32 Å². The lowest BCUT2D eigenvalue weighted by molar-refractivity contribution is 0.586. The summed E-state index contributed by atoms with van der Waals surface area (Å²) < 4.78 is 13.4. The Hall–Kier alpha value is -0.970. The summed E-state index contributed by atoms with van der Waals surface area (Å²) in [5.41, 5.74) is 1.47. The van der Waals surface area contributed by atoms with Crippen LogP contribution in [0.2, 0.25) is 5.02 Å². The van der Waals surface area contributed by atoms with E-state index in [4.69, 9.17) is 11.6 Å². The third-order valence-corrected chi connectivity index (χ3v) is 3.51. The Morgan fingerprint density at radius 1 is 1.41 bits per heavy atom. The largest absolute Gasteiger partial charge is 0.307 e. The van der Waals surface area contributed by atoms with Gasteiger partial charge < -0.3 is 5.32 Å². The van der Waals surface area contributed by atoms with E-state index < -0.39 is 0 Å². The van der Waals surface area contributed by atoms with Crippen molar-refractivity contribution in [1.29, 1.82) is 0 Å². The number of benzene rings is 1. The number of nitrogens with one attached hydrogen (secondary N) is 1. The van der Waals surface area contributed by atoms with Crippen LogP contribution in [0.4, 0.5) is 4.39 Å². The summed E-state index contributed by atoms with van der Waals surface area (Å²) in [4.78, 5) is 4.32. The minimum absolute atomic E-state index is 0.278. The molecule has 90 valence electrons. The molecule has 0 atom stereocenters. The fourth-order valence-electron chi connectivity index (χ4n) is 1.51. The minimum atomic E-state index is -0.278. The highest BCUT2D eigenvalue weighted by atomic mass is 35.5. The summed E-state index contributed by atoms with van der Waals surface area (Å²) in [5.74, 6) is -0.278. The van der Waals surface area contributed by atoms with Crippen molar-refractivity contribution in [2.24, 2.45) is 0 Å². The average Bonchev–Trinajstić information content (AvgIpc) is 2.69. The third kappa shape index (κ3) is 3.25. The van der Waals surface area contributed by atoms with Gasteiger partial charge in [0.15, 0.2) is 0 Å². The van der Waals surface area contributed by atoms with Crippen LogP contribution in [0.5, 0.6) is 0 Å². The second kappa shape index (κ2) is 5.58. The second-order valence-corrected chi connectivity index (χ2v) is 5.13. The number of nitrogens with zero attached hydrogens (tertiary/aromatic N) is 1. The van der Waals surface area contributed by atoms with Crippen molar-refractivity contribution in [3.63, 3.8) is 0 Å². The van der Waals surface area contributed by atoms with Crippen LogP contribution in [0.25, 0.3) is 0 Å². The molecule has 1 N–H and O–H groups in total. The van der Waals surface area contributed by atoms with Crippen molar-refractivity contribution >= 4 is 22.9 Å². The van der Waals surface area contributed by atoms with Crippen molar-refractivity contribution in [1.82, 2.24) is 10.3 Å². The number of halogens is 2. The molecular formula is C12H12ClFN2S. The van der Waals surface area contributed by atoms with E-state index >= 15 is 0 Å². The van der Waals surface area contributed by atoms with E-state index in [1.807, 2.05) is 12.3 Å². The lowest BCUT2D eigenvalue weighted by atomic mass is 10.2. The van der Waals surface area contributed by atoms with Gasteiger partial charge in [-0.05, 0) is 19.1 Å². The van der Waals surface area contributed by atoms with Gasteiger partial charge in [-0.25, -0.2) is 9.37 Å². The number of rotatable bonds is 4. The van der Waals surface area contributed by atoms with Crippen molar-refractivity contribution < 1.29 is 4.39 Å². The van der Waals surface area contributed by atoms with Gasteiger partial charge in [0.1, 0.15) is 5.82 Å². The zero-order valence-corrected chi connectivity index (χ0v) is 10.9. The van der Waals surface area contributed by atoms with Crippen LogP contribution >= 0.6 is 22.9 Å². The highest BCUT2D eigenvalue weighted by molar-refractivity contribution is 7.09. The molecule has 0 radical (unpaired) electrons. The van der Waals surface area contributed by atoms with Crippen LogP contribution in [0.1, 0.15) is 16.3 Å². The summed E-state index contributed by atoms with van der Waals surface area (Å²) in [7, 11) is 0.